The lowest BCUT2D eigenvalue weighted by Gasteiger charge is -2.39. The Kier molecular flexibility index (Phi) is 4.56. The molecule has 6 nitrogen and oxygen atoms in total. The maximum Gasteiger partial charge on any atom is 0.332 e. The monoisotopic (exact) mass is 412 g/mol. The molecule has 0 saturated heterocycles. The van der Waals surface area contributed by atoms with Crippen LogP contribution in [0, 0.1) is 0 Å². The number of nitrogens with one attached hydrogen (secondary N) is 1. The van der Waals surface area contributed by atoms with Crippen LogP contribution in [-0.2, 0) is 14.1 Å². The normalized spacial score (nSPS) is 15.9. The minimum Gasteiger partial charge on any atom is -0.318 e. The molecule has 4 rings (SSSR count). The first kappa shape index (κ1) is 18.5. The van der Waals surface area contributed by atoms with Crippen molar-refractivity contribution >= 4 is 40.4 Å². The summed E-state index contributed by atoms with van der Waals surface area (Å²) < 4.78 is 2.52. The lowest BCUT2D eigenvalue weighted by atomic mass is 9.96. The fraction of sp³-hybridized carbons (Fsp3) is 0.150. The predicted octanol–water partition coefficient (Wildman–Crippen LogP) is 3.04. The average Bonchev–Trinajstić information content (AvgIpc) is 2.71. The molecule has 1 unspecified atom stereocenters. The van der Waals surface area contributed by atoms with Gasteiger partial charge in [0, 0.05) is 24.8 Å². The van der Waals surface area contributed by atoms with E-state index in [0.29, 0.717) is 21.5 Å². The van der Waals surface area contributed by atoms with E-state index in [0.717, 1.165) is 15.8 Å². The quantitative estimate of drug-likeness (QED) is 0.655. The summed E-state index contributed by atoms with van der Waals surface area (Å²) in [6, 6.07) is 16.4. The van der Waals surface area contributed by atoms with Gasteiger partial charge in [0.15, 0.2) is 5.11 Å². The summed E-state index contributed by atoms with van der Waals surface area (Å²) in [5.74, 6) is 0.408. The average molecular weight is 413 g/mol. The van der Waals surface area contributed by atoms with Gasteiger partial charge in [0.05, 0.1) is 11.6 Å². The van der Waals surface area contributed by atoms with Crippen LogP contribution in [0.3, 0.4) is 0 Å². The van der Waals surface area contributed by atoms with Gasteiger partial charge in [-0.15, -0.1) is 0 Å². The summed E-state index contributed by atoms with van der Waals surface area (Å²) in [4.78, 5) is 27.4. The van der Waals surface area contributed by atoms with Crippen LogP contribution < -0.4 is 21.5 Å². The van der Waals surface area contributed by atoms with Crippen molar-refractivity contribution in [2.75, 3.05) is 10.2 Å². The predicted molar refractivity (Wildman–Crippen MR) is 115 cm³/mol. The summed E-state index contributed by atoms with van der Waals surface area (Å²) in [7, 11) is 3.09. The van der Waals surface area contributed by atoms with Gasteiger partial charge < -0.3 is 10.2 Å². The molecule has 1 aliphatic heterocycles. The molecule has 0 aliphatic carbocycles. The highest BCUT2D eigenvalue weighted by atomic mass is 35.5. The summed E-state index contributed by atoms with van der Waals surface area (Å²) in [5.41, 5.74) is 1.34. The molecule has 0 spiro atoms. The summed E-state index contributed by atoms with van der Waals surface area (Å²) in [6.07, 6.45) is 0. The zero-order valence-corrected chi connectivity index (χ0v) is 16.8. The molecular formula is C20H17ClN4O2S. The minimum atomic E-state index is -0.506. The maximum absolute atomic E-state index is 13.1. The number of benzene rings is 2. The van der Waals surface area contributed by atoms with Gasteiger partial charge in [-0.25, -0.2) is 4.79 Å². The molecule has 142 valence electrons. The highest BCUT2D eigenvalue weighted by Crippen LogP contribution is 2.38. The van der Waals surface area contributed by atoms with Crippen LogP contribution in [0.25, 0.3) is 0 Å². The Bertz CT molecular complexity index is 1190. The number of rotatable bonds is 2. The maximum atomic E-state index is 13.1. The Morgan fingerprint density at radius 3 is 2.25 bits per heavy atom. The van der Waals surface area contributed by atoms with Gasteiger partial charge in [-0.05, 0) is 42.0 Å². The van der Waals surface area contributed by atoms with Gasteiger partial charge in [-0.3, -0.25) is 13.9 Å². The van der Waals surface area contributed by atoms with Crippen LogP contribution in [0.15, 0.2) is 64.2 Å². The highest BCUT2D eigenvalue weighted by Gasteiger charge is 2.37. The fourth-order valence-corrected chi connectivity index (χ4v) is 3.92. The lowest BCUT2D eigenvalue weighted by molar-refractivity contribution is 0.655. The minimum absolute atomic E-state index is 0.367. The van der Waals surface area contributed by atoms with Gasteiger partial charge in [-0.2, -0.15) is 0 Å². The second-order valence-corrected chi connectivity index (χ2v) is 7.38. The van der Waals surface area contributed by atoms with E-state index >= 15 is 0 Å². The van der Waals surface area contributed by atoms with Crippen molar-refractivity contribution in [2.24, 2.45) is 14.1 Å². The van der Waals surface area contributed by atoms with Gasteiger partial charge >= 0.3 is 5.69 Å². The Morgan fingerprint density at radius 1 is 0.964 bits per heavy atom. The fourth-order valence-electron chi connectivity index (χ4n) is 3.49. The second kappa shape index (κ2) is 6.92. The van der Waals surface area contributed by atoms with Crippen LogP contribution in [0.1, 0.15) is 17.2 Å². The molecule has 2 aromatic carbocycles. The number of para-hydroxylation sites is 1. The van der Waals surface area contributed by atoms with E-state index in [9.17, 15) is 9.59 Å². The van der Waals surface area contributed by atoms with E-state index in [2.05, 4.69) is 5.32 Å². The first-order valence-corrected chi connectivity index (χ1v) is 9.39. The Morgan fingerprint density at radius 2 is 1.61 bits per heavy atom. The molecule has 1 atom stereocenters. The molecule has 28 heavy (non-hydrogen) atoms. The standard InChI is InChI=1S/C20H17ClN4O2S/c1-23-17-15(18(26)24(2)20(23)27)16(12-8-10-13(21)11-9-12)25(19(28)22-17)14-6-4-3-5-7-14/h3-11,16H,1-2H3,(H,22,28). The van der Waals surface area contributed by atoms with Crippen molar-refractivity contribution in [1.29, 1.82) is 0 Å². The third kappa shape index (κ3) is 2.83. The van der Waals surface area contributed by atoms with Gasteiger partial charge in [0.1, 0.15) is 5.82 Å². The Labute approximate surface area is 171 Å². The van der Waals surface area contributed by atoms with Crippen LogP contribution in [0.2, 0.25) is 5.02 Å². The number of fused-ring (bicyclic) bond motifs is 1. The van der Waals surface area contributed by atoms with E-state index in [4.69, 9.17) is 23.8 Å². The molecule has 1 N–H and O–H groups in total. The molecule has 8 heteroatoms. The number of hydrogen-bond donors (Lipinski definition) is 1. The lowest BCUT2D eigenvalue weighted by Crippen LogP contribution is -2.51. The molecule has 1 aliphatic rings. The summed E-state index contributed by atoms with van der Waals surface area (Å²) >= 11 is 11.7. The SMILES string of the molecule is Cn1c2c(c(=O)n(C)c1=O)C(c1ccc(Cl)cc1)N(c1ccccc1)C(=S)N2. The first-order chi connectivity index (χ1) is 13.4. The summed E-state index contributed by atoms with van der Waals surface area (Å²) in [5, 5.41) is 4.08. The van der Waals surface area contributed by atoms with Gasteiger partial charge in [0.25, 0.3) is 5.56 Å². The van der Waals surface area contributed by atoms with E-state index in [1.165, 1.54) is 11.6 Å². The Hall–Kier alpha value is -2.90. The number of nitrogens with zero attached hydrogens (tertiary/aromatic N) is 3. The van der Waals surface area contributed by atoms with Crippen molar-refractivity contribution in [3.63, 3.8) is 0 Å². The number of halogens is 1. The zero-order valence-electron chi connectivity index (χ0n) is 15.2. The number of thiocarbonyl (C=S) groups is 1. The van der Waals surface area contributed by atoms with E-state index in [-0.39, 0.29) is 5.56 Å². The van der Waals surface area contributed by atoms with Crippen molar-refractivity contribution in [3.05, 3.63) is 91.6 Å². The molecule has 0 radical (unpaired) electrons. The van der Waals surface area contributed by atoms with Crippen molar-refractivity contribution in [1.82, 2.24) is 9.13 Å². The van der Waals surface area contributed by atoms with Crippen LogP contribution in [0.4, 0.5) is 11.5 Å². The molecule has 0 bridgehead atoms. The molecule has 2 heterocycles. The van der Waals surface area contributed by atoms with Crippen molar-refractivity contribution < 1.29 is 0 Å². The largest absolute Gasteiger partial charge is 0.332 e. The molecular weight excluding hydrogens is 396 g/mol. The van der Waals surface area contributed by atoms with E-state index < -0.39 is 11.7 Å². The molecule has 3 aromatic rings. The van der Waals surface area contributed by atoms with Crippen molar-refractivity contribution in [2.45, 2.75) is 6.04 Å². The van der Waals surface area contributed by atoms with Gasteiger partial charge in [-0.1, -0.05) is 41.9 Å². The highest BCUT2D eigenvalue weighted by molar-refractivity contribution is 7.80. The molecule has 0 saturated carbocycles. The third-order valence-corrected chi connectivity index (χ3v) is 5.45. The number of aromatic nitrogens is 2. The van der Waals surface area contributed by atoms with Crippen LogP contribution >= 0.6 is 23.8 Å². The number of anilines is 2. The van der Waals surface area contributed by atoms with Gasteiger partial charge in [0.2, 0.25) is 0 Å². The third-order valence-electron chi connectivity index (χ3n) is 4.90. The second-order valence-electron chi connectivity index (χ2n) is 6.56. The van der Waals surface area contributed by atoms with E-state index in [1.807, 2.05) is 47.4 Å². The smallest absolute Gasteiger partial charge is 0.318 e. The molecule has 0 fully saturated rings. The first-order valence-electron chi connectivity index (χ1n) is 8.61. The van der Waals surface area contributed by atoms with Crippen LogP contribution in [0.5, 0.6) is 0 Å². The van der Waals surface area contributed by atoms with Crippen molar-refractivity contribution in [3.8, 4) is 0 Å². The molecule has 0 amide bonds. The van der Waals surface area contributed by atoms with E-state index in [1.54, 1.807) is 19.2 Å². The summed E-state index contributed by atoms with van der Waals surface area (Å²) in [6.45, 7) is 0. The topological polar surface area (TPSA) is 59.3 Å². The zero-order chi connectivity index (χ0) is 20.0. The van der Waals surface area contributed by atoms with Crippen LogP contribution in [-0.4, -0.2) is 14.2 Å². The number of hydrogen-bond acceptors (Lipinski definition) is 3. The Balaban J connectivity index is 2.06. The molecule has 1 aromatic heterocycles.